The fourth-order valence-corrected chi connectivity index (χ4v) is 6.87. The molecule has 8 heteroatoms. The lowest BCUT2D eigenvalue weighted by molar-refractivity contribution is -0.171. The van der Waals surface area contributed by atoms with Gasteiger partial charge in [-0.2, -0.15) is 0 Å². The van der Waals surface area contributed by atoms with Crippen molar-refractivity contribution in [3.63, 3.8) is 0 Å². The van der Waals surface area contributed by atoms with Gasteiger partial charge in [-0.05, 0) is 88.1 Å². The summed E-state index contributed by atoms with van der Waals surface area (Å²) in [4.78, 5) is 26.1. The first-order valence-electron chi connectivity index (χ1n) is 15.9. The van der Waals surface area contributed by atoms with Crippen LogP contribution >= 0.6 is 0 Å². The maximum atomic E-state index is 13.7. The van der Waals surface area contributed by atoms with Crippen molar-refractivity contribution in [3.8, 4) is 11.5 Å². The highest BCUT2D eigenvalue weighted by molar-refractivity contribution is 5.72. The smallest absolute Gasteiger partial charge is 0.309 e. The van der Waals surface area contributed by atoms with E-state index in [-0.39, 0.29) is 41.5 Å². The molecule has 8 nitrogen and oxygen atoms in total. The highest BCUT2D eigenvalue weighted by atomic mass is 16.6. The van der Waals surface area contributed by atoms with E-state index in [1.807, 2.05) is 12.1 Å². The van der Waals surface area contributed by atoms with Crippen LogP contribution in [0.15, 0.2) is 18.2 Å². The zero-order valence-corrected chi connectivity index (χ0v) is 25.5. The third-order valence-corrected chi connectivity index (χ3v) is 9.23. The molecule has 1 aliphatic heterocycles. The number of phenolic OH excluding ortho intramolecular Hbond substituents is 1. The Bertz CT molecular complexity index is 932. The number of aliphatic hydroxyl groups excluding tert-OH is 1. The number of carbonyl (C=O) groups excluding carboxylic acids is 2. The maximum absolute atomic E-state index is 13.7. The van der Waals surface area contributed by atoms with Crippen LogP contribution in [0, 0.1) is 17.3 Å². The van der Waals surface area contributed by atoms with Gasteiger partial charge < -0.3 is 29.7 Å². The summed E-state index contributed by atoms with van der Waals surface area (Å²) in [6.45, 7) is 5.29. The fraction of sp³-hybridized carbons (Fsp3) is 0.758. The van der Waals surface area contributed by atoms with Gasteiger partial charge in [-0.15, -0.1) is 0 Å². The van der Waals surface area contributed by atoms with Gasteiger partial charge in [0.25, 0.3) is 0 Å². The number of nitrogens with one attached hydrogen (secondary N) is 1. The number of hydrogen-bond donors (Lipinski definition) is 3. The standard InChI is InChI=1S/C33H53NO7/c1-4-5-10-26(13-9-20-35)29(40-24(2)36)22-31(41-32(38)27-11-7-6-8-12-27)33(16-18-34-19-17-33)23-25-14-15-28(37)30(21-25)39-3/h14-15,21,26-27,29,31,34-35,37H,4-13,16-20,22-23H2,1-3H3. The van der Waals surface area contributed by atoms with E-state index in [1.54, 1.807) is 13.2 Å². The van der Waals surface area contributed by atoms with E-state index in [0.29, 0.717) is 25.0 Å². The van der Waals surface area contributed by atoms with E-state index in [1.165, 1.54) is 6.92 Å². The minimum atomic E-state index is -0.443. The predicted octanol–water partition coefficient (Wildman–Crippen LogP) is 5.71. The van der Waals surface area contributed by atoms with Crippen molar-refractivity contribution in [1.29, 1.82) is 0 Å². The largest absolute Gasteiger partial charge is 0.504 e. The lowest BCUT2D eigenvalue weighted by Crippen LogP contribution is -2.50. The number of piperidine rings is 1. The molecule has 1 aromatic carbocycles. The van der Waals surface area contributed by atoms with Crippen molar-refractivity contribution in [1.82, 2.24) is 5.32 Å². The van der Waals surface area contributed by atoms with Crippen LogP contribution in [0.3, 0.4) is 0 Å². The SMILES string of the molecule is CCCCC(CCCO)C(CC(OC(=O)C1CCCCC1)C1(Cc2ccc(O)c(OC)c2)CCNCC1)OC(C)=O. The van der Waals surface area contributed by atoms with Crippen LogP contribution in [0.5, 0.6) is 11.5 Å². The number of unbranched alkanes of at least 4 members (excludes halogenated alkanes) is 1. The lowest BCUT2D eigenvalue weighted by Gasteiger charge is -2.45. The Labute approximate surface area is 246 Å². The van der Waals surface area contributed by atoms with Gasteiger partial charge in [-0.1, -0.05) is 45.1 Å². The molecule has 1 saturated heterocycles. The highest BCUT2D eigenvalue weighted by Gasteiger charge is 2.45. The summed E-state index contributed by atoms with van der Waals surface area (Å²) in [5.74, 6) is 0.0429. The van der Waals surface area contributed by atoms with Crippen molar-refractivity contribution < 1.29 is 34.0 Å². The van der Waals surface area contributed by atoms with Gasteiger partial charge in [0.1, 0.15) is 12.2 Å². The normalized spacial score (nSPS) is 19.6. The summed E-state index contributed by atoms with van der Waals surface area (Å²) < 4.78 is 18.0. The third-order valence-electron chi connectivity index (χ3n) is 9.23. The first-order valence-corrected chi connectivity index (χ1v) is 15.9. The summed E-state index contributed by atoms with van der Waals surface area (Å²) >= 11 is 0. The number of benzene rings is 1. The zero-order chi connectivity index (χ0) is 29.7. The highest BCUT2D eigenvalue weighted by Crippen LogP contribution is 2.43. The van der Waals surface area contributed by atoms with Crippen molar-refractivity contribution in [2.75, 3.05) is 26.8 Å². The Balaban J connectivity index is 2.00. The number of esters is 2. The van der Waals surface area contributed by atoms with Crippen LogP contribution in [-0.2, 0) is 25.5 Å². The average molecular weight is 576 g/mol. The summed E-state index contributed by atoms with van der Waals surface area (Å²) in [7, 11) is 1.54. The van der Waals surface area contributed by atoms with Gasteiger partial charge in [-0.25, -0.2) is 0 Å². The third kappa shape index (κ3) is 9.88. The molecule has 2 fully saturated rings. The van der Waals surface area contributed by atoms with Gasteiger partial charge in [0.05, 0.1) is 13.0 Å². The molecular formula is C33H53NO7. The Morgan fingerprint density at radius 2 is 1.78 bits per heavy atom. The second kappa shape index (κ2) is 17.0. The van der Waals surface area contributed by atoms with Crippen LogP contribution in [0.25, 0.3) is 0 Å². The Kier molecular flexibility index (Phi) is 13.7. The summed E-state index contributed by atoms with van der Waals surface area (Å²) in [5, 5.41) is 23.3. The molecule has 1 saturated carbocycles. The minimum absolute atomic E-state index is 0.0782. The zero-order valence-electron chi connectivity index (χ0n) is 25.5. The fourth-order valence-electron chi connectivity index (χ4n) is 6.87. The predicted molar refractivity (Wildman–Crippen MR) is 159 cm³/mol. The molecule has 0 bridgehead atoms. The van der Waals surface area contributed by atoms with Crippen molar-refractivity contribution >= 4 is 11.9 Å². The van der Waals surface area contributed by atoms with Crippen LogP contribution < -0.4 is 10.1 Å². The van der Waals surface area contributed by atoms with Gasteiger partial charge in [-0.3, -0.25) is 9.59 Å². The molecule has 3 unspecified atom stereocenters. The van der Waals surface area contributed by atoms with E-state index in [9.17, 15) is 19.8 Å². The number of hydrogen-bond acceptors (Lipinski definition) is 8. The molecular weight excluding hydrogens is 522 g/mol. The molecule has 0 aromatic heterocycles. The second-order valence-electron chi connectivity index (χ2n) is 12.2. The van der Waals surface area contributed by atoms with E-state index in [4.69, 9.17) is 14.2 Å². The molecule has 1 heterocycles. The summed E-state index contributed by atoms with van der Waals surface area (Å²) in [6.07, 6.45) is 11.1. The average Bonchev–Trinajstić information content (AvgIpc) is 2.98. The molecule has 0 radical (unpaired) electrons. The molecule has 3 atom stereocenters. The topological polar surface area (TPSA) is 114 Å². The second-order valence-corrected chi connectivity index (χ2v) is 12.2. The number of aromatic hydroxyl groups is 1. The van der Waals surface area contributed by atoms with Crippen LogP contribution in [0.4, 0.5) is 0 Å². The lowest BCUT2D eigenvalue weighted by atomic mass is 9.67. The van der Waals surface area contributed by atoms with Gasteiger partial charge in [0, 0.05) is 25.4 Å². The maximum Gasteiger partial charge on any atom is 0.309 e. The van der Waals surface area contributed by atoms with Crippen LogP contribution in [0.2, 0.25) is 0 Å². The van der Waals surface area contributed by atoms with Crippen LogP contribution in [-0.4, -0.2) is 61.2 Å². The number of rotatable bonds is 16. The molecule has 3 N–H and O–H groups in total. The summed E-state index contributed by atoms with van der Waals surface area (Å²) in [5.41, 5.74) is 0.634. The van der Waals surface area contributed by atoms with Gasteiger partial charge in [0.2, 0.25) is 0 Å². The molecule has 3 rings (SSSR count). The van der Waals surface area contributed by atoms with Crippen LogP contribution in [0.1, 0.15) is 103 Å². The molecule has 0 spiro atoms. The Hall–Kier alpha value is -2.32. The molecule has 1 aromatic rings. The van der Waals surface area contributed by atoms with Gasteiger partial charge in [0.15, 0.2) is 11.5 Å². The first kappa shape index (κ1) is 33.2. The summed E-state index contributed by atoms with van der Waals surface area (Å²) in [6, 6.07) is 5.44. The van der Waals surface area contributed by atoms with Crippen molar-refractivity contribution in [2.24, 2.45) is 17.3 Å². The number of aliphatic hydroxyl groups is 1. The van der Waals surface area contributed by atoms with Crippen molar-refractivity contribution in [2.45, 2.75) is 116 Å². The van der Waals surface area contributed by atoms with E-state index < -0.39 is 12.2 Å². The van der Waals surface area contributed by atoms with Crippen molar-refractivity contribution in [3.05, 3.63) is 23.8 Å². The first-order chi connectivity index (χ1) is 19.8. The minimum Gasteiger partial charge on any atom is -0.504 e. The Morgan fingerprint density at radius 1 is 1.07 bits per heavy atom. The quantitative estimate of drug-likeness (QED) is 0.215. The monoisotopic (exact) mass is 575 g/mol. The Morgan fingerprint density at radius 3 is 2.41 bits per heavy atom. The molecule has 41 heavy (non-hydrogen) atoms. The van der Waals surface area contributed by atoms with E-state index in [2.05, 4.69) is 12.2 Å². The van der Waals surface area contributed by atoms with E-state index >= 15 is 0 Å². The number of methoxy groups -OCH3 is 1. The molecule has 0 amide bonds. The number of carbonyl (C=O) groups is 2. The number of ether oxygens (including phenoxy) is 3. The molecule has 232 valence electrons. The number of phenols is 1. The molecule has 1 aliphatic carbocycles. The van der Waals surface area contributed by atoms with E-state index in [0.717, 1.165) is 89.3 Å². The van der Waals surface area contributed by atoms with Gasteiger partial charge >= 0.3 is 11.9 Å². The molecule has 2 aliphatic rings.